The fourth-order valence-corrected chi connectivity index (χ4v) is 3.87. The van der Waals surface area contributed by atoms with E-state index < -0.39 is 0 Å². The van der Waals surface area contributed by atoms with Crippen molar-refractivity contribution in [2.75, 3.05) is 0 Å². The van der Waals surface area contributed by atoms with Crippen LogP contribution in [0.3, 0.4) is 0 Å². The quantitative estimate of drug-likeness (QED) is 0.859. The first-order chi connectivity index (χ1) is 8.83. The molecule has 3 aliphatic carbocycles. The third-order valence-corrected chi connectivity index (χ3v) is 5.16. The van der Waals surface area contributed by atoms with Gasteiger partial charge < -0.3 is 10.3 Å². The normalized spacial score (nSPS) is 25.6. The van der Waals surface area contributed by atoms with Crippen molar-refractivity contribution in [1.29, 1.82) is 0 Å². The zero-order valence-corrected chi connectivity index (χ0v) is 11.1. The highest BCUT2D eigenvalue weighted by molar-refractivity contribution is 5.21. The Morgan fingerprint density at radius 2 is 2.06 bits per heavy atom. The molecule has 0 unspecified atom stereocenters. The first kappa shape index (κ1) is 11.0. The van der Waals surface area contributed by atoms with Crippen LogP contribution in [-0.4, -0.2) is 16.0 Å². The van der Waals surface area contributed by atoms with Gasteiger partial charge in [-0.25, -0.2) is 4.98 Å². The Kier molecular flexibility index (Phi) is 2.51. The van der Waals surface area contributed by atoms with Gasteiger partial charge in [0.25, 0.3) is 0 Å². The summed E-state index contributed by atoms with van der Waals surface area (Å²) < 4.78 is 0. The van der Waals surface area contributed by atoms with E-state index in [4.69, 9.17) is 4.98 Å². The van der Waals surface area contributed by atoms with Crippen LogP contribution in [0.15, 0.2) is 0 Å². The van der Waals surface area contributed by atoms with Crippen LogP contribution >= 0.6 is 0 Å². The molecule has 2 fully saturated rings. The number of hydrogen-bond donors (Lipinski definition) is 2. The second kappa shape index (κ2) is 4.09. The average Bonchev–Trinajstić information content (AvgIpc) is 2.96. The highest BCUT2D eigenvalue weighted by Gasteiger charge is 2.38. The lowest BCUT2D eigenvalue weighted by atomic mass is 9.73. The van der Waals surface area contributed by atoms with Gasteiger partial charge in [-0.1, -0.05) is 12.8 Å². The van der Waals surface area contributed by atoms with Crippen LogP contribution in [-0.2, 0) is 19.4 Å². The van der Waals surface area contributed by atoms with E-state index in [1.54, 1.807) is 0 Å². The lowest BCUT2D eigenvalue weighted by Gasteiger charge is -2.32. The second-order valence-electron chi connectivity index (χ2n) is 6.65. The molecule has 2 N–H and O–H groups in total. The average molecular weight is 245 g/mol. The van der Waals surface area contributed by atoms with Crippen LogP contribution in [0, 0.1) is 5.41 Å². The van der Waals surface area contributed by atoms with Crippen molar-refractivity contribution in [3.8, 4) is 0 Å². The summed E-state index contributed by atoms with van der Waals surface area (Å²) in [6.45, 7) is 0.935. The van der Waals surface area contributed by atoms with E-state index in [-0.39, 0.29) is 0 Å². The maximum absolute atomic E-state index is 4.79. The van der Waals surface area contributed by atoms with Crippen LogP contribution in [0.2, 0.25) is 0 Å². The van der Waals surface area contributed by atoms with Crippen LogP contribution < -0.4 is 5.32 Å². The number of hydrogen-bond acceptors (Lipinski definition) is 2. The molecule has 1 spiro atoms. The number of nitrogens with one attached hydrogen (secondary N) is 2. The molecular weight excluding hydrogens is 222 g/mol. The van der Waals surface area contributed by atoms with E-state index in [1.165, 1.54) is 75.0 Å². The molecule has 18 heavy (non-hydrogen) atoms. The monoisotopic (exact) mass is 245 g/mol. The van der Waals surface area contributed by atoms with Crippen molar-refractivity contribution in [3.63, 3.8) is 0 Å². The minimum atomic E-state index is 0.640. The van der Waals surface area contributed by atoms with Gasteiger partial charge in [0.05, 0.1) is 12.2 Å². The summed E-state index contributed by atoms with van der Waals surface area (Å²) in [5, 5.41) is 3.55. The van der Waals surface area contributed by atoms with Crippen molar-refractivity contribution in [2.45, 2.75) is 70.4 Å². The van der Waals surface area contributed by atoms with Crippen molar-refractivity contribution in [2.24, 2.45) is 5.41 Å². The Hall–Kier alpha value is -0.830. The molecule has 98 valence electrons. The summed E-state index contributed by atoms with van der Waals surface area (Å²) in [6.07, 6.45) is 12.3. The smallest absolute Gasteiger partial charge is 0.120 e. The molecule has 0 radical (unpaired) electrons. The van der Waals surface area contributed by atoms with Crippen molar-refractivity contribution >= 4 is 0 Å². The van der Waals surface area contributed by atoms with Crippen LogP contribution in [0.1, 0.15) is 62.2 Å². The number of rotatable bonds is 3. The molecule has 0 amide bonds. The Balaban J connectivity index is 1.48. The van der Waals surface area contributed by atoms with E-state index in [0.717, 1.165) is 12.6 Å². The highest BCUT2D eigenvalue weighted by atomic mass is 15.0. The number of imidazole rings is 1. The first-order valence-electron chi connectivity index (χ1n) is 7.63. The van der Waals surface area contributed by atoms with Crippen LogP contribution in [0.4, 0.5) is 0 Å². The second-order valence-corrected chi connectivity index (χ2v) is 6.65. The van der Waals surface area contributed by atoms with Crippen LogP contribution in [0.5, 0.6) is 0 Å². The first-order valence-corrected chi connectivity index (χ1v) is 7.63. The maximum atomic E-state index is 4.79. The summed E-state index contributed by atoms with van der Waals surface area (Å²) in [7, 11) is 0. The molecule has 3 heteroatoms. The molecule has 0 atom stereocenters. The summed E-state index contributed by atoms with van der Waals surface area (Å²) in [5.41, 5.74) is 3.46. The molecule has 2 saturated carbocycles. The molecule has 3 nitrogen and oxygen atoms in total. The van der Waals surface area contributed by atoms with Gasteiger partial charge in [-0.15, -0.1) is 0 Å². The van der Waals surface area contributed by atoms with Gasteiger partial charge in [-0.2, -0.15) is 0 Å². The van der Waals surface area contributed by atoms with Crippen molar-refractivity contribution in [3.05, 3.63) is 17.2 Å². The van der Waals surface area contributed by atoms with E-state index in [1.807, 2.05) is 0 Å². The standard InChI is InChI=1S/C15H23N3/c1-2-7-15(6-1)8-5-12-13(9-15)18-14(17-12)10-16-11-3-4-11/h11,16H,1-10H2,(H,17,18). The summed E-state index contributed by atoms with van der Waals surface area (Å²) >= 11 is 0. The number of fused-ring (bicyclic) bond motifs is 1. The van der Waals surface area contributed by atoms with Gasteiger partial charge in [0.2, 0.25) is 0 Å². The summed E-state index contributed by atoms with van der Waals surface area (Å²) in [6, 6.07) is 0.772. The van der Waals surface area contributed by atoms with E-state index >= 15 is 0 Å². The summed E-state index contributed by atoms with van der Waals surface area (Å²) in [5.74, 6) is 1.17. The fourth-order valence-electron chi connectivity index (χ4n) is 3.87. The topological polar surface area (TPSA) is 40.7 Å². The largest absolute Gasteiger partial charge is 0.345 e. The highest BCUT2D eigenvalue weighted by Crippen LogP contribution is 2.47. The van der Waals surface area contributed by atoms with Crippen molar-refractivity contribution < 1.29 is 0 Å². The number of aromatic amines is 1. The molecule has 0 saturated heterocycles. The van der Waals surface area contributed by atoms with Gasteiger partial charge in [0.15, 0.2) is 0 Å². The predicted octanol–water partition coefficient (Wildman–Crippen LogP) is 2.71. The molecule has 0 aliphatic heterocycles. The number of aryl methyl sites for hydroxylation is 1. The Bertz CT molecular complexity index is 439. The molecule has 4 rings (SSSR count). The van der Waals surface area contributed by atoms with Crippen LogP contribution in [0.25, 0.3) is 0 Å². The number of aromatic nitrogens is 2. The van der Waals surface area contributed by atoms with Gasteiger partial charge in [0.1, 0.15) is 5.82 Å². The van der Waals surface area contributed by atoms with Gasteiger partial charge in [-0.05, 0) is 50.4 Å². The SMILES string of the molecule is C1CCC2(C1)CCc1nc(CNC3CC3)[nH]c1C2. The zero-order valence-electron chi connectivity index (χ0n) is 11.1. The Morgan fingerprint density at radius 3 is 2.83 bits per heavy atom. The third-order valence-electron chi connectivity index (χ3n) is 5.16. The molecule has 0 aromatic carbocycles. The van der Waals surface area contributed by atoms with Gasteiger partial charge in [-0.3, -0.25) is 0 Å². The van der Waals surface area contributed by atoms with E-state index in [0.29, 0.717) is 5.41 Å². The fraction of sp³-hybridized carbons (Fsp3) is 0.800. The summed E-state index contributed by atoms with van der Waals surface area (Å²) in [4.78, 5) is 8.38. The minimum absolute atomic E-state index is 0.640. The third kappa shape index (κ3) is 1.99. The Morgan fingerprint density at radius 1 is 1.22 bits per heavy atom. The Labute approximate surface area is 109 Å². The molecule has 3 aliphatic rings. The molecule has 1 aromatic heterocycles. The van der Waals surface area contributed by atoms with E-state index in [2.05, 4.69) is 10.3 Å². The maximum Gasteiger partial charge on any atom is 0.120 e. The van der Waals surface area contributed by atoms with Gasteiger partial charge >= 0.3 is 0 Å². The van der Waals surface area contributed by atoms with Gasteiger partial charge in [0, 0.05) is 11.7 Å². The van der Waals surface area contributed by atoms with Crippen molar-refractivity contribution in [1.82, 2.24) is 15.3 Å². The zero-order chi connectivity index (χ0) is 12.0. The number of nitrogens with zero attached hydrogens (tertiary/aromatic N) is 1. The molecular formula is C15H23N3. The molecule has 1 aromatic rings. The molecule has 1 heterocycles. The van der Waals surface area contributed by atoms with E-state index in [9.17, 15) is 0 Å². The minimum Gasteiger partial charge on any atom is -0.345 e. The lowest BCUT2D eigenvalue weighted by Crippen LogP contribution is -2.25. The number of H-pyrrole nitrogens is 1. The predicted molar refractivity (Wildman–Crippen MR) is 71.4 cm³/mol. The lowest BCUT2D eigenvalue weighted by molar-refractivity contribution is 0.251. The molecule has 0 bridgehead atoms.